The Bertz CT molecular complexity index is 1210. The van der Waals surface area contributed by atoms with Crippen LogP contribution in [0.3, 0.4) is 0 Å². The zero-order chi connectivity index (χ0) is 30.5. The maximum atomic E-state index is 13.5. The van der Waals surface area contributed by atoms with Crippen LogP contribution in [0.5, 0.6) is 0 Å². The van der Waals surface area contributed by atoms with Gasteiger partial charge in [-0.05, 0) is 57.7 Å². The lowest BCUT2D eigenvalue weighted by atomic mass is 10.0. The van der Waals surface area contributed by atoms with Gasteiger partial charge in [-0.1, -0.05) is 25.1 Å². The lowest BCUT2D eigenvalue weighted by molar-refractivity contribution is -0.133. The third kappa shape index (κ3) is 10.5. The summed E-state index contributed by atoms with van der Waals surface area (Å²) in [5.41, 5.74) is 8.14. The molecule has 226 valence electrons. The van der Waals surface area contributed by atoms with Gasteiger partial charge in [-0.2, -0.15) is 0 Å². The number of aromatic amines is 1. The first-order valence-electron chi connectivity index (χ1n) is 14.1. The molecule has 0 aliphatic carbocycles. The first kappa shape index (κ1) is 33.3. The van der Waals surface area contributed by atoms with E-state index in [4.69, 9.17) is 5.73 Å². The number of rotatable bonds is 17. The molecule has 12 nitrogen and oxygen atoms in total. The van der Waals surface area contributed by atoms with E-state index in [0.29, 0.717) is 13.0 Å². The minimum absolute atomic E-state index is 0.0756. The lowest BCUT2D eigenvalue weighted by Gasteiger charge is -2.25. The molecule has 0 spiro atoms. The van der Waals surface area contributed by atoms with E-state index < -0.39 is 35.8 Å². The van der Waals surface area contributed by atoms with Crippen molar-refractivity contribution >= 4 is 40.4 Å². The number of benzene rings is 1. The van der Waals surface area contributed by atoms with Crippen LogP contribution in [0.1, 0.15) is 64.0 Å². The van der Waals surface area contributed by atoms with Gasteiger partial charge in [0, 0.05) is 43.0 Å². The molecule has 2 aromatic rings. The van der Waals surface area contributed by atoms with Crippen molar-refractivity contribution in [3.63, 3.8) is 0 Å². The van der Waals surface area contributed by atoms with Gasteiger partial charge in [-0.15, -0.1) is 0 Å². The molecule has 4 atom stereocenters. The van der Waals surface area contributed by atoms with E-state index in [1.807, 2.05) is 38.2 Å². The van der Waals surface area contributed by atoms with Gasteiger partial charge < -0.3 is 37.3 Å². The molecule has 4 unspecified atom stereocenters. The lowest BCUT2D eigenvalue weighted by Crippen LogP contribution is -2.57. The summed E-state index contributed by atoms with van der Waals surface area (Å²) in [6.45, 7) is 7.68. The van der Waals surface area contributed by atoms with Crippen LogP contribution in [0.2, 0.25) is 0 Å². The second-order valence-corrected chi connectivity index (χ2v) is 10.4. The minimum atomic E-state index is -0.919. The fourth-order valence-corrected chi connectivity index (χ4v) is 4.64. The molecule has 0 fully saturated rings. The van der Waals surface area contributed by atoms with Crippen molar-refractivity contribution in [2.24, 2.45) is 5.73 Å². The number of amides is 5. The van der Waals surface area contributed by atoms with Crippen LogP contribution in [-0.2, 0) is 30.4 Å². The Morgan fingerprint density at radius 1 is 0.951 bits per heavy atom. The largest absolute Gasteiger partial charge is 0.370 e. The van der Waals surface area contributed by atoms with Gasteiger partial charge in [0.1, 0.15) is 12.1 Å². The van der Waals surface area contributed by atoms with Gasteiger partial charge in [-0.3, -0.25) is 24.0 Å². The molecule has 0 aliphatic rings. The number of carbonyl (C=O) groups is 5. The molecule has 12 heteroatoms. The highest BCUT2D eigenvalue weighted by molar-refractivity contribution is 5.95. The van der Waals surface area contributed by atoms with Crippen molar-refractivity contribution in [3.05, 3.63) is 35.5 Å². The van der Waals surface area contributed by atoms with Gasteiger partial charge in [0.05, 0.1) is 12.5 Å². The quantitative estimate of drug-likeness (QED) is 0.137. The fourth-order valence-electron chi connectivity index (χ4n) is 4.64. The zero-order valence-electron chi connectivity index (χ0n) is 24.7. The number of likely N-dealkylation sites (N-methyl/N-ethyl adjacent to an activating group) is 1. The molecule has 0 saturated heterocycles. The number of fused-ring (bicyclic) bond motifs is 1. The van der Waals surface area contributed by atoms with E-state index >= 15 is 0 Å². The highest BCUT2D eigenvalue weighted by atomic mass is 16.2. The number of nitrogens with two attached hydrogens (primary N) is 1. The number of unbranched alkanes of at least 4 members (excludes halogenated alkanes) is 1. The molecule has 0 radical (unpaired) electrons. The van der Waals surface area contributed by atoms with Crippen LogP contribution in [0.25, 0.3) is 10.9 Å². The number of H-pyrrole nitrogens is 1. The third-order valence-electron chi connectivity index (χ3n) is 7.00. The van der Waals surface area contributed by atoms with Crippen molar-refractivity contribution in [2.45, 2.75) is 90.4 Å². The number of primary amides is 1. The second kappa shape index (κ2) is 16.4. The number of carbonyl (C=O) groups excluding carboxylic acids is 5. The van der Waals surface area contributed by atoms with E-state index in [0.717, 1.165) is 34.9 Å². The average molecular weight is 572 g/mol. The number of hydrogen-bond donors (Lipinski definition) is 7. The molecule has 8 N–H and O–H groups in total. The van der Waals surface area contributed by atoms with Gasteiger partial charge >= 0.3 is 0 Å². The van der Waals surface area contributed by atoms with Crippen molar-refractivity contribution in [3.8, 4) is 0 Å². The van der Waals surface area contributed by atoms with Crippen molar-refractivity contribution < 1.29 is 24.0 Å². The van der Waals surface area contributed by atoms with Gasteiger partial charge in [-0.25, -0.2) is 0 Å². The molecule has 0 aliphatic heterocycles. The van der Waals surface area contributed by atoms with Crippen LogP contribution >= 0.6 is 0 Å². The third-order valence-corrected chi connectivity index (χ3v) is 7.00. The maximum absolute atomic E-state index is 13.5. The molecular formula is C29H45N7O5. The topological polar surface area (TPSA) is 187 Å². The summed E-state index contributed by atoms with van der Waals surface area (Å²) in [6, 6.07) is 3.05. The Balaban J connectivity index is 2.16. The van der Waals surface area contributed by atoms with Gasteiger partial charge in [0.15, 0.2) is 0 Å². The number of nitrogens with one attached hydrogen (secondary N) is 6. The monoisotopic (exact) mass is 571 g/mol. The SMILES string of the molecule is CCC(NC(=O)C(CC(N)=O)NC)C(=O)NC(Cc1c[nH]c2c(C)cccc12)C(=O)NC(C)CCCCNC(C)=O. The fraction of sp³-hybridized carbons (Fsp3) is 0.552. The van der Waals surface area contributed by atoms with E-state index in [-0.39, 0.29) is 37.1 Å². The van der Waals surface area contributed by atoms with Crippen LogP contribution in [0.15, 0.2) is 24.4 Å². The molecule has 1 heterocycles. The first-order chi connectivity index (χ1) is 19.5. The summed E-state index contributed by atoms with van der Waals surface area (Å²) >= 11 is 0. The molecule has 2 rings (SSSR count). The van der Waals surface area contributed by atoms with Crippen molar-refractivity contribution in [1.29, 1.82) is 0 Å². The highest BCUT2D eigenvalue weighted by Crippen LogP contribution is 2.22. The van der Waals surface area contributed by atoms with E-state index in [9.17, 15) is 24.0 Å². The molecule has 0 bridgehead atoms. The van der Waals surface area contributed by atoms with Crippen molar-refractivity contribution in [2.75, 3.05) is 13.6 Å². The normalized spacial score (nSPS) is 14.0. The molecule has 1 aromatic heterocycles. The summed E-state index contributed by atoms with van der Waals surface area (Å²) in [5, 5.41) is 15.0. The average Bonchev–Trinajstić information content (AvgIpc) is 3.33. The Hall–Kier alpha value is -3.93. The Labute approximate surface area is 241 Å². The summed E-state index contributed by atoms with van der Waals surface area (Å²) in [6.07, 6.45) is 4.44. The Morgan fingerprint density at radius 3 is 2.24 bits per heavy atom. The molecule has 5 amide bonds. The first-order valence-corrected chi connectivity index (χ1v) is 14.1. The summed E-state index contributed by atoms with van der Waals surface area (Å²) in [7, 11) is 1.53. The molecule has 41 heavy (non-hydrogen) atoms. The van der Waals surface area contributed by atoms with Crippen LogP contribution < -0.4 is 32.3 Å². The van der Waals surface area contributed by atoms with Crippen LogP contribution in [0, 0.1) is 6.92 Å². The van der Waals surface area contributed by atoms with E-state index in [2.05, 4.69) is 31.6 Å². The molecule has 0 saturated carbocycles. The van der Waals surface area contributed by atoms with Gasteiger partial charge in [0.2, 0.25) is 29.5 Å². The number of para-hydroxylation sites is 1. The van der Waals surface area contributed by atoms with Crippen molar-refractivity contribution in [1.82, 2.24) is 31.6 Å². The molecule has 1 aromatic carbocycles. The highest BCUT2D eigenvalue weighted by Gasteiger charge is 2.29. The predicted molar refractivity (Wildman–Crippen MR) is 158 cm³/mol. The summed E-state index contributed by atoms with van der Waals surface area (Å²) < 4.78 is 0. The Kier molecular flexibility index (Phi) is 13.3. The maximum Gasteiger partial charge on any atom is 0.243 e. The number of aromatic nitrogens is 1. The van der Waals surface area contributed by atoms with E-state index in [1.54, 1.807) is 6.92 Å². The molecular weight excluding hydrogens is 526 g/mol. The second-order valence-electron chi connectivity index (χ2n) is 10.4. The standard InChI is InChI=1S/C29H45N7O5/c1-6-22(35-28(40)23(31-5)15-25(30)38)27(39)36-24(14-20-16-33-26-17(2)10-9-12-21(20)26)29(41)34-18(3)11-7-8-13-32-19(4)37/h9-10,12,16,18,22-24,31,33H,6-8,11,13-15H2,1-5H3,(H2,30,38)(H,32,37)(H,34,41)(H,35,40)(H,36,39). The summed E-state index contributed by atoms with van der Waals surface area (Å²) in [5.74, 6) is -2.10. The zero-order valence-corrected chi connectivity index (χ0v) is 24.7. The Morgan fingerprint density at radius 2 is 1.61 bits per heavy atom. The summed E-state index contributed by atoms with van der Waals surface area (Å²) in [4.78, 5) is 65.1. The van der Waals surface area contributed by atoms with Crippen LogP contribution in [0.4, 0.5) is 0 Å². The predicted octanol–water partition coefficient (Wildman–Crippen LogP) is 0.673. The minimum Gasteiger partial charge on any atom is -0.370 e. The van der Waals surface area contributed by atoms with Gasteiger partial charge in [0.25, 0.3) is 0 Å². The van der Waals surface area contributed by atoms with E-state index in [1.165, 1.54) is 14.0 Å². The van der Waals surface area contributed by atoms with Crippen LogP contribution in [-0.4, -0.2) is 72.3 Å². The number of aryl methyl sites for hydroxylation is 1. The number of hydrogen-bond acceptors (Lipinski definition) is 6. The smallest absolute Gasteiger partial charge is 0.243 e.